The van der Waals surface area contributed by atoms with Crippen molar-refractivity contribution in [2.45, 2.75) is 39.3 Å². The molecule has 1 atom stereocenters. The molecule has 1 aliphatic carbocycles. The Hall–Kier alpha value is -2.93. The Labute approximate surface area is 175 Å². The minimum Gasteiger partial charge on any atom is -0.455 e. The van der Waals surface area contributed by atoms with Gasteiger partial charge in [0.1, 0.15) is 11.6 Å². The second kappa shape index (κ2) is 7.72. The summed E-state index contributed by atoms with van der Waals surface area (Å²) in [6.45, 7) is 4.97. The van der Waals surface area contributed by atoms with Crippen LogP contribution in [0.15, 0.2) is 47.0 Å². The van der Waals surface area contributed by atoms with Crippen molar-refractivity contribution in [3.8, 4) is 5.69 Å². The third-order valence-electron chi connectivity index (χ3n) is 5.39. The molecule has 1 amide bonds. The first-order valence-electron chi connectivity index (χ1n) is 10.1. The van der Waals surface area contributed by atoms with Crippen molar-refractivity contribution in [1.29, 1.82) is 0 Å². The highest BCUT2D eigenvalue weighted by Gasteiger charge is 2.36. The van der Waals surface area contributed by atoms with Gasteiger partial charge in [-0.05, 0) is 62.7 Å². The van der Waals surface area contributed by atoms with Crippen molar-refractivity contribution in [3.63, 3.8) is 0 Å². The Morgan fingerprint density at radius 1 is 1.33 bits per heavy atom. The van der Waals surface area contributed by atoms with Crippen molar-refractivity contribution < 1.29 is 13.6 Å². The molecular formula is C23H27FN4O2. The quantitative estimate of drug-likeness (QED) is 0.688. The molecule has 0 fully saturated rings. The lowest BCUT2D eigenvalue weighted by molar-refractivity contribution is 0.0888. The van der Waals surface area contributed by atoms with Gasteiger partial charge in [0, 0.05) is 5.56 Å². The molecule has 1 aromatic carbocycles. The van der Waals surface area contributed by atoms with Crippen LogP contribution in [0.1, 0.15) is 53.9 Å². The first-order valence-corrected chi connectivity index (χ1v) is 10.1. The number of hydrogen-bond donors (Lipinski definition) is 1. The monoisotopic (exact) mass is 410 g/mol. The highest BCUT2D eigenvalue weighted by molar-refractivity contribution is 5.91. The summed E-state index contributed by atoms with van der Waals surface area (Å²) in [7, 11) is 3.90. The zero-order chi connectivity index (χ0) is 21.5. The number of fused-ring (bicyclic) bond motifs is 1. The molecule has 30 heavy (non-hydrogen) atoms. The number of amides is 1. The van der Waals surface area contributed by atoms with E-state index >= 15 is 0 Å². The van der Waals surface area contributed by atoms with Crippen LogP contribution >= 0.6 is 0 Å². The summed E-state index contributed by atoms with van der Waals surface area (Å²) in [5, 5.41) is 7.63. The van der Waals surface area contributed by atoms with Gasteiger partial charge in [-0.15, -0.1) is 0 Å². The van der Waals surface area contributed by atoms with Gasteiger partial charge in [0.15, 0.2) is 5.76 Å². The normalized spacial score (nSPS) is 17.7. The second-order valence-corrected chi connectivity index (χ2v) is 9.01. The van der Waals surface area contributed by atoms with Gasteiger partial charge >= 0.3 is 0 Å². The number of aromatic nitrogens is 2. The molecule has 0 saturated carbocycles. The van der Waals surface area contributed by atoms with Gasteiger partial charge in [0.05, 0.1) is 30.2 Å². The van der Waals surface area contributed by atoms with Crippen molar-refractivity contribution in [2.75, 3.05) is 14.1 Å². The van der Waals surface area contributed by atoms with Crippen LogP contribution in [-0.2, 0) is 13.0 Å². The second-order valence-electron chi connectivity index (χ2n) is 9.01. The maximum Gasteiger partial charge on any atom is 0.287 e. The van der Waals surface area contributed by atoms with Gasteiger partial charge in [0.2, 0.25) is 0 Å². The molecule has 1 unspecified atom stereocenters. The van der Waals surface area contributed by atoms with E-state index in [1.54, 1.807) is 23.0 Å². The highest BCUT2D eigenvalue weighted by atomic mass is 19.1. The number of benzene rings is 1. The molecule has 0 spiro atoms. The van der Waals surface area contributed by atoms with E-state index in [4.69, 9.17) is 4.42 Å². The third-order valence-corrected chi connectivity index (χ3v) is 5.39. The third kappa shape index (κ3) is 4.16. The topological polar surface area (TPSA) is 63.3 Å². The Bertz CT molecular complexity index is 1070. The molecule has 0 bridgehead atoms. The lowest BCUT2D eigenvalue weighted by Crippen LogP contribution is -2.36. The Kier molecular flexibility index (Phi) is 5.24. The average molecular weight is 410 g/mol. The molecule has 0 radical (unpaired) electrons. The molecular weight excluding hydrogens is 383 g/mol. The van der Waals surface area contributed by atoms with Crippen molar-refractivity contribution in [2.24, 2.45) is 5.41 Å². The molecule has 7 heteroatoms. The van der Waals surface area contributed by atoms with Crippen molar-refractivity contribution in [3.05, 3.63) is 71.2 Å². The summed E-state index contributed by atoms with van der Waals surface area (Å²) in [6.07, 6.45) is 3.35. The number of rotatable bonds is 5. The van der Waals surface area contributed by atoms with Crippen LogP contribution in [0.2, 0.25) is 0 Å². The van der Waals surface area contributed by atoms with E-state index < -0.39 is 0 Å². The molecule has 1 N–H and O–H groups in total. The number of hydrogen-bond acceptors (Lipinski definition) is 4. The smallest absolute Gasteiger partial charge is 0.287 e. The molecule has 2 aromatic heterocycles. The van der Waals surface area contributed by atoms with Crippen LogP contribution in [0.3, 0.4) is 0 Å². The fourth-order valence-electron chi connectivity index (χ4n) is 4.13. The van der Waals surface area contributed by atoms with E-state index in [2.05, 4.69) is 24.3 Å². The van der Waals surface area contributed by atoms with E-state index in [0.29, 0.717) is 18.0 Å². The number of furan rings is 1. The molecule has 3 aromatic rings. The minimum atomic E-state index is -0.303. The molecule has 158 valence electrons. The first kappa shape index (κ1) is 20.3. The predicted molar refractivity (Wildman–Crippen MR) is 112 cm³/mol. The molecule has 6 nitrogen and oxygen atoms in total. The van der Waals surface area contributed by atoms with Gasteiger partial charge in [0.25, 0.3) is 5.91 Å². The van der Waals surface area contributed by atoms with Crippen molar-refractivity contribution in [1.82, 2.24) is 20.0 Å². The fraction of sp³-hybridized carbons (Fsp3) is 0.391. The van der Waals surface area contributed by atoms with Gasteiger partial charge in [-0.3, -0.25) is 4.79 Å². The van der Waals surface area contributed by atoms with Crippen LogP contribution in [0, 0.1) is 11.2 Å². The summed E-state index contributed by atoms with van der Waals surface area (Å²) < 4.78 is 21.2. The lowest BCUT2D eigenvalue weighted by Gasteiger charge is -2.35. The maximum absolute atomic E-state index is 13.7. The number of nitrogens with zero attached hydrogens (tertiary/aromatic N) is 3. The minimum absolute atomic E-state index is 0.0463. The van der Waals surface area contributed by atoms with Crippen LogP contribution in [0.25, 0.3) is 5.69 Å². The summed E-state index contributed by atoms with van der Waals surface area (Å²) in [5.41, 5.74) is 2.59. The predicted octanol–water partition coefficient (Wildman–Crippen LogP) is 4.11. The molecule has 0 aliphatic heterocycles. The number of carbonyl (C=O) groups is 1. The zero-order valence-electron chi connectivity index (χ0n) is 17.8. The van der Waals surface area contributed by atoms with Crippen LogP contribution < -0.4 is 5.32 Å². The number of halogens is 1. The Balaban J connectivity index is 1.61. The van der Waals surface area contributed by atoms with E-state index in [9.17, 15) is 9.18 Å². The summed E-state index contributed by atoms with van der Waals surface area (Å²) in [4.78, 5) is 14.8. The Morgan fingerprint density at radius 2 is 2.13 bits per heavy atom. The highest BCUT2D eigenvalue weighted by Crippen LogP contribution is 2.41. The van der Waals surface area contributed by atoms with Gasteiger partial charge in [-0.25, -0.2) is 9.07 Å². The maximum atomic E-state index is 13.7. The van der Waals surface area contributed by atoms with Gasteiger partial charge in [-0.2, -0.15) is 5.10 Å². The largest absolute Gasteiger partial charge is 0.455 e. The SMILES string of the molecule is CN(C)Cc1ccc(C(=O)NC2CC(C)(C)Cc3c2cnn3-c2cccc(F)c2)o1. The summed E-state index contributed by atoms with van der Waals surface area (Å²) >= 11 is 0. The van der Waals surface area contributed by atoms with Gasteiger partial charge < -0.3 is 14.6 Å². The number of carbonyl (C=O) groups excluding carboxylic acids is 1. The first-order chi connectivity index (χ1) is 14.2. The van der Waals surface area contributed by atoms with E-state index in [1.807, 2.05) is 31.1 Å². The fourth-order valence-corrected chi connectivity index (χ4v) is 4.13. The van der Waals surface area contributed by atoms with Gasteiger partial charge in [-0.1, -0.05) is 19.9 Å². The van der Waals surface area contributed by atoms with Crippen molar-refractivity contribution >= 4 is 5.91 Å². The summed E-state index contributed by atoms with van der Waals surface area (Å²) in [6, 6.07) is 9.74. The van der Waals surface area contributed by atoms with Crippen LogP contribution in [-0.4, -0.2) is 34.7 Å². The average Bonchev–Trinajstić information content (AvgIpc) is 3.27. The zero-order valence-corrected chi connectivity index (χ0v) is 17.8. The molecule has 2 heterocycles. The number of nitrogens with one attached hydrogen (secondary N) is 1. The molecule has 4 rings (SSSR count). The van der Waals surface area contributed by atoms with E-state index in [1.165, 1.54) is 12.1 Å². The van der Waals surface area contributed by atoms with E-state index in [0.717, 1.165) is 29.9 Å². The standard InChI is InChI=1S/C23H27FN4O2/c1-23(2)11-19(26-22(29)21-9-8-17(30-21)14-27(3)4)18-13-25-28(20(18)12-23)16-7-5-6-15(24)10-16/h5-10,13,19H,11-12,14H2,1-4H3,(H,26,29). The Morgan fingerprint density at radius 3 is 2.87 bits per heavy atom. The molecule has 1 aliphatic rings. The molecule has 0 saturated heterocycles. The van der Waals surface area contributed by atoms with E-state index in [-0.39, 0.29) is 23.2 Å². The summed E-state index contributed by atoms with van der Waals surface area (Å²) in [5.74, 6) is 0.498. The lowest BCUT2D eigenvalue weighted by atomic mass is 9.74. The van der Waals surface area contributed by atoms with Crippen LogP contribution in [0.4, 0.5) is 4.39 Å². The van der Waals surface area contributed by atoms with Crippen LogP contribution in [0.5, 0.6) is 0 Å².